The van der Waals surface area contributed by atoms with E-state index in [2.05, 4.69) is 4.74 Å². The minimum absolute atomic E-state index is 0.0646. The van der Waals surface area contributed by atoms with Crippen molar-refractivity contribution in [2.45, 2.75) is 52.6 Å². The monoisotopic (exact) mass is 286 g/mol. The average Bonchev–Trinajstić information content (AvgIpc) is 2.18. The highest BCUT2D eigenvalue weighted by Gasteiger charge is 2.36. The maximum Gasteiger partial charge on any atom is 0.410 e. The Labute approximate surface area is 120 Å². The molecule has 0 aliphatic carbocycles. The van der Waals surface area contributed by atoms with Gasteiger partial charge in [0.05, 0.1) is 0 Å². The molecule has 0 aliphatic rings. The summed E-state index contributed by atoms with van der Waals surface area (Å²) in [7, 11) is 0. The highest BCUT2D eigenvalue weighted by atomic mass is 16.6. The van der Waals surface area contributed by atoms with Gasteiger partial charge in [-0.2, -0.15) is 0 Å². The van der Waals surface area contributed by atoms with Gasteiger partial charge in [-0.25, -0.2) is 9.59 Å². The van der Waals surface area contributed by atoms with Gasteiger partial charge in [0.15, 0.2) is 0 Å². The zero-order valence-electron chi connectivity index (χ0n) is 13.2. The van der Waals surface area contributed by atoms with Crippen LogP contribution < -0.4 is 5.73 Å². The molecule has 2 N–H and O–H groups in total. The standard InChI is InChI=1S/C14H26N2O4/c1-13(2,3)16(14(4,5)6)12(18)20-10-8-7-9-19-11(15)17/h7-8H,9-10H2,1-6H3,(H2,15,17)/b8-7+. The Morgan fingerprint density at radius 2 is 1.35 bits per heavy atom. The number of carbonyl (C=O) groups excluding carboxylic acids is 2. The van der Waals surface area contributed by atoms with Crippen LogP contribution in [-0.4, -0.2) is 41.4 Å². The zero-order valence-corrected chi connectivity index (χ0v) is 13.2. The van der Waals surface area contributed by atoms with Crippen molar-refractivity contribution in [2.75, 3.05) is 13.2 Å². The summed E-state index contributed by atoms with van der Waals surface area (Å²) in [5.41, 5.74) is 4.13. The number of hydrogen-bond acceptors (Lipinski definition) is 4. The van der Waals surface area contributed by atoms with Crippen molar-refractivity contribution < 1.29 is 19.1 Å². The van der Waals surface area contributed by atoms with Gasteiger partial charge in [0.2, 0.25) is 0 Å². The third kappa shape index (κ3) is 7.01. The molecule has 0 saturated carbocycles. The lowest BCUT2D eigenvalue weighted by atomic mass is 9.97. The molecule has 0 unspecified atom stereocenters. The van der Waals surface area contributed by atoms with Crippen LogP contribution in [0.5, 0.6) is 0 Å². The van der Waals surface area contributed by atoms with E-state index in [1.807, 2.05) is 41.5 Å². The third-order valence-corrected chi connectivity index (χ3v) is 2.32. The second kappa shape index (κ2) is 7.17. The molecule has 0 radical (unpaired) electrons. The normalized spacial score (nSPS) is 12.3. The number of amides is 2. The van der Waals surface area contributed by atoms with E-state index in [9.17, 15) is 9.59 Å². The van der Waals surface area contributed by atoms with E-state index in [0.717, 1.165) is 0 Å². The fourth-order valence-corrected chi connectivity index (χ4v) is 2.00. The lowest BCUT2D eigenvalue weighted by Crippen LogP contribution is -2.55. The molecule has 0 saturated heterocycles. The highest BCUT2D eigenvalue weighted by molar-refractivity contribution is 5.69. The first-order valence-electron chi connectivity index (χ1n) is 6.50. The first-order valence-corrected chi connectivity index (χ1v) is 6.50. The first-order chi connectivity index (χ1) is 8.96. The Bertz CT molecular complexity index is 350. The molecular weight excluding hydrogens is 260 g/mol. The second-order valence-electron chi connectivity index (χ2n) is 6.36. The predicted molar refractivity (Wildman–Crippen MR) is 77.4 cm³/mol. The Balaban J connectivity index is 4.40. The van der Waals surface area contributed by atoms with Gasteiger partial charge in [0.25, 0.3) is 0 Å². The number of nitrogens with zero attached hydrogens (tertiary/aromatic N) is 1. The van der Waals surface area contributed by atoms with Crippen LogP contribution in [0.4, 0.5) is 9.59 Å². The van der Waals surface area contributed by atoms with Gasteiger partial charge in [0.1, 0.15) is 13.2 Å². The lowest BCUT2D eigenvalue weighted by molar-refractivity contribution is 0.0252. The molecule has 0 rings (SSSR count). The zero-order chi connectivity index (χ0) is 16.0. The van der Waals surface area contributed by atoms with Crippen LogP contribution in [0, 0.1) is 0 Å². The van der Waals surface area contributed by atoms with Crippen LogP contribution in [0.2, 0.25) is 0 Å². The number of hydrogen-bond donors (Lipinski definition) is 1. The smallest absolute Gasteiger partial charge is 0.410 e. The fraction of sp³-hybridized carbons (Fsp3) is 0.714. The summed E-state index contributed by atoms with van der Waals surface area (Å²) in [5, 5.41) is 0. The van der Waals surface area contributed by atoms with Crippen LogP contribution >= 0.6 is 0 Å². The minimum atomic E-state index is -0.835. The fourth-order valence-electron chi connectivity index (χ4n) is 2.00. The SMILES string of the molecule is CC(C)(C)N(C(=O)OC/C=C/COC(N)=O)C(C)(C)C. The number of primary amides is 1. The van der Waals surface area contributed by atoms with Crippen LogP contribution in [0.3, 0.4) is 0 Å². The second-order valence-corrected chi connectivity index (χ2v) is 6.36. The molecular formula is C14H26N2O4. The molecule has 0 aliphatic heterocycles. The summed E-state index contributed by atoms with van der Waals surface area (Å²) in [6, 6.07) is 0. The molecule has 0 atom stereocenters. The van der Waals surface area contributed by atoms with Gasteiger partial charge in [-0.05, 0) is 53.7 Å². The summed E-state index contributed by atoms with van der Waals surface area (Å²) in [4.78, 5) is 24.2. The van der Waals surface area contributed by atoms with Gasteiger partial charge >= 0.3 is 12.2 Å². The summed E-state index contributed by atoms with van der Waals surface area (Å²) >= 11 is 0. The maximum atomic E-state index is 12.1. The Morgan fingerprint density at radius 1 is 0.950 bits per heavy atom. The maximum absolute atomic E-state index is 12.1. The van der Waals surface area contributed by atoms with Crippen molar-refractivity contribution in [1.29, 1.82) is 0 Å². The number of ether oxygens (including phenoxy) is 2. The molecule has 116 valence electrons. The molecule has 0 aromatic rings. The van der Waals surface area contributed by atoms with E-state index < -0.39 is 6.09 Å². The van der Waals surface area contributed by atoms with Crippen molar-refractivity contribution in [3.05, 3.63) is 12.2 Å². The number of nitrogens with two attached hydrogens (primary N) is 1. The highest BCUT2D eigenvalue weighted by Crippen LogP contribution is 2.25. The predicted octanol–water partition coefficient (Wildman–Crippen LogP) is 2.67. The molecule has 20 heavy (non-hydrogen) atoms. The Kier molecular flexibility index (Phi) is 6.55. The van der Waals surface area contributed by atoms with Crippen LogP contribution in [0.1, 0.15) is 41.5 Å². The lowest BCUT2D eigenvalue weighted by Gasteiger charge is -2.44. The van der Waals surface area contributed by atoms with Gasteiger partial charge in [-0.15, -0.1) is 0 Å². The van der Waals surface area contributed by atoms with E-state index >= 15 is 0 Å². The quantitative estimate of drug-likeness (QED) is 0.805. The van der Waals surface area contributed by atoms with Gasteiger partial charge in [-0.1, -0.05) is 0 Å². The van der Waals surface area contributed by atoms with Crippen molar-refractivity contribution >= 4 is 12.2 Å². The van der Waals surface area contributed by atoms with E-state index in [1.54, 1.807) is 17.1 Å². The van der Waals surface area contributed by atoms with Gasteiger partial charge in [0, 0.05) is 11.1 Å². The minimum Gasteiger partial charge on any atom is -0.445 e. The van der Waals surface area contributed by atoms with Crippen LogP contribution in [-0.2, 0) is 9.47 Å². The van der Waals surface area contributed by atoms with Gasteiger partial charge < -0.3 is 15.2 Å². The molecule has 2 amide bonds. The largest absolute Gasteiger partial charge is 0.445 e. The first kappa shape index (κ1) is 18.3. The molecule has 0 aromatic carbocycles. The van der Waals surface area contributed by atoms with Crippen molar-refractivity contribution in [3.63, 3.8) is 0 Å². The third-order valence-electron chi connectivity index (χ3n) is 2.32. The summed E-state index contributed by atoms with van der Waals surface area (Å²) in [5.74, 6) is 0. The molecule has 6 heteroatoms. The van der Waals surface area contributed by atoms with E-state index in [4.69, 9.17) is 10.5 Å². The van der Waals surface area contributed by atoms with Crippen molar-refractivity contribution in [1.82, 2.24) is 4.90 Å². The summed E-state index contributed by atoms with van der Waals surface area (Å²) < 4.78 is 9.70. The summed E-state index contributed by atoms with van der Waals surface area (Å²) in [6.07, 6.45) is 1.95. The number of rotatable bonds is 4. The Hall–Kier alpha value is -1.72. The van der Waals surface area contributed by atoms with E-state index in [-0.39, 0.29) is 30.4 Å². The molecule has 0 heterocycles. The summed E-state index contributed by atoms with van der Waals surface area (Å²) in [6.45, 7) is 11.9. The van der Waals surface area contributed by atoms with Crippen molar-refractivity contribution in [3.8, 4) is 0 Å². The number of carbonyl (C=O) groups is 2. The van der Waals surface area contributed by atoms with Crippen molar-refractivity contribution in [2.24, 2.45) is 5.73 Å². The average molecular weight is 286 g/mol. The molecule has 0 aromatic heterocycles. The van der Waals surface area contributed by atoms with E-state index in [0.29, 0.717) is 0 Å². The molecule has 6 nitrogen and oxygen atoms in total. The molecule has 0 fully saturated rings. The van der Waals surface area contributed by atoms with E-state index in [1.165, 1.54) is 0 Å². The van der Waals surface area contributed by atoms with Gasteiger partial charge in [-0.3, -0.25) is 4.90 Å². The molecule has 0 bridgehead atoms. The topological polar surface area (TPSA) is 81.9 Å². The van der Waals surface area contributed by atoms with Crippen LogP contribution in [0.15, 0.2) is 12.2 Å². The Morgan fingerprint density at radius 3 is 1.70 bits per heavy atom. The molecule has 0 spiro atoms. The van der Waals surface area contributed by atoms with Crippen LogP contribution in [0.25, 0.3) is 0 Å².